The van der Waals surface area contributed by atoms with Crippen LogP contribution in [-0.4, -0.2) is 63.8 Å². The van der Waals surface area contributed by atoms with E-state index in [0.717, 1.165) is 18.7 Å². The fourth-order valence-corrected chi connectivity index (χ4v) is 6.01. The largest absolute Gasteiger partial charge is 0.413 e. The van der Waals surface area contributed by atoms with E-state index >= 15 is 0 Å². The van der Waals surface area contributed by atoms with E-state index in [1.165, 1.54) is 0 Å². The van der Waals surface area contributed by atoms with Crippen LogP contribution >= 0.6 is 0 Å². The minimum atomic E-state index is -3.87. The Balaban J connectivity index is 1.42. The molecule has 0 unspecified atom stereocenters. The number of nitriles is 1. The van der Waals surface area contributed by atoms with E-state index in [1.807, 2.05) is 12.1 Å². The molecule has 224 valence electrons. The van der Waals surface area contributed by atoms with Gasteiger partial charge in [0.05, 0.1) is 35.3 Å². The summed E-state index contributed by atoms with van der Waals surface area (Å²) in [5.41, 5.74) is 3.50. The highest BCUT2D eigenvalue weighted by atomic mass is 32.2. The van der Waals surface area contributed by atoms with Crippen molar-refractivity contribution in [2.75, 3.05) is 44.1 Å². The molecule has 0 spiro atoms. The molecule has 10 nitrogen and oxygen atoms in total. The monoisotopic (exact) mass is 601 g/mol. The summed E-state index contributed by atoms with van der Waals surface area (Å²) >= 11 is 0. The molecule has 0 atom stereocenters. The molecule has 0 saturated carbocycles. The maximum Gasteiger partial charge on any atom is 0.413 e. The molecular formula is C32H35N5O5S. The Morgan fingerprint density at radius 1 is 1.07 bits per heavy atom. The highest BCUT2D eigenvalue weighted by Gasteiger charge is 2.21. The number of hydrogen-bond acceptors (Lipinski definition) is 7. The van der Waals surface area contributed by atoms with Crippen molar-refractivity contribution in [2.24, 2.45) is 0 Å². The van der Waals surface area contributed by atoms with Crippen LogP contribution in [0, 0.1) is 11.3 Å². The second-order valence-corrected chi connectivity index (χ2v) is 13.1. The summed E-state index contributed by atoms with van der Waals surface area (Å²) in [5, 5.41) is 12.9. The molecule has 0 aliphatic carbocycles. The van der Waals surface area contributed by atoms with Crippen molar-refractivity contribution in [3.63, 3.8) is 0 Å². The molecule has 1 aliphatic heterocycles. The lowest BCUT2D eigenvalue weighted by Gasteiger charge is -2.26. The number of sulfonamides is 1. The average molecular weight is 602 g/mol. The zero-order valence-electron chi connectivity index (χ0n) is 24.4. The van der Waals surface area contributed by atoms with Crippen molar-refractivity contribution >= 4 is 32.7 Å². The zero-order valence-corrected chi connectivity index (χ0v) is 25.3. The maximum absolute atomic E-state index is 13.3. The number of aromatic amines is 1. The number of aromatic nitrogens is 1. The minimum Gasteiger partial charge on any atom is -0.393 e. The number of hydrogen-bond donors (Lipinski definition) is 3. The standard InChI is InChI=1S/C32H35N5O5S/c1-32(2,3)24-7-10-26(11-8-24)43(39,40)36-25-9-12-28-27(20-25)29(23-6-4-5-22(19-23)21-33)30(35-28)42-31(38)34-13-14-37-15-17-41-18-16-37/h4-12,19-20,35-36H,13-18H2,1-3H3,(H,34,38). The van der Waals surface area contributed by atoms with E-state index in [2.05, 4.69) is 46.8 Å². The van der Waals surface area contributed by atoms with E-state index in [9.17, 15) is 18.5 Å². The molecule has 1 amide bonds. The second kappa shape index (κ2) is 12.5. The first-order valence-electron chi connectivity index (χ1n) is 14.1. The van der Waals surface area contributed by atoms with Gasteiger partial charge >= 0.3 is 6.09 Å². The lowest BCUT2D eigenvalue weighted by atomic mass is 9.87. The Morgan fingerprint density at radius 2 is 1.81 bits per heavy atom. The van der Waals surface area contributed by atoms with Gasteiger partial charge in [0.1, 0.15) is 0 Å². The fraction of sp³-hybridized carbons (Fsp3) is 0.312. The Hall–Kier alpha value is -4.37. The summed E-state index contributed by atoms with van der Waals surface area (Å²) in [6.07, 6.45) is -0.628. The van der Waals surface area contributed by atoms with Gasteiger partial charge in [-0.15, -0.1) is 0 Å². The topological polar surface area (TPSA) is 137 Å². The number of H-pyrrole nitrogens is 1. The third kappa shape index (κ3) is 7.17. The van der Waals surface area contributed by atoms with Crippen LogP contribution in [0.5, 0.6) is 5.88 Å². The van der Waals surface area contributed by atoms with Crippen molar-refractivity contribution < 1.29 is 22.7 Å². The number of anilines is 1. The van der Waals surface area contributed by atoms with Gasteiger partial charge in [0, 0.05) is 42.8 Å². The van der Waals surface area contributed by atoms with Crippen LogP contribution in [0.2, 0.25) is 0 Å². The zero-order chi connectivity index (χ0) is 30.6. The first kappa shape index (κ1) is 30.1. The van der Waals surface area contributed by atoms with Crippen molar-refractivity contribution in [1.29, 1.82) is 5.26 Å². The summed E-state index contributed by atoms with van der Waals surface area (Å²) in [6.45, 7) is 10.2. The van der Waals surface area contributed by atoms with Crippen molar-refractivity contribution in [3.8, 4) is 23.1 Å². The predicted octanol–water partition coefficient (Wildman–Crippen LogP) is 5.23. The van der Waals surface area contributed by atoms with Crippen LogP contribution < -0.4 is 14.8 Å². The molecule has 4 aromatic rings. The first-order chi connectivity index (χ1) is 20.5. The van der Waals surface area contributed by atoms with E-state index in [4.69, 9.17) is 9.47 Å². The summed E-state index contributed by atoms with van der Waals surface area (Å²) in [4.78, 5) is 18.3. The highest BCUT2D eigenvalue weighted by molar-refractivity contribution is 7.92. The predicted molar refractivity (Wildman–Crippen MR) is 166 cm³/mol. The number of ether oxygens (including phenoxy) is 2. The number of nitrogens with zero attached hydrogens (tertiary/aromatic N) is 2. The van der Waals surface area contributed by atoms with Gasteiger partial charge in [-0.2, -0.15) is 5.26 Å². The molecule has 1 aromatic heterocycles. The normalized spacial score (nSPS) is 14.3. The molecule has 3 N–H and O–H groups in total. The Bertz CT molecular complexity index is 1760. The quantitative estimate of drug-likeness (QED) is 0.252. The molecule has 2 heterocycles. The molecule has 1 aliphatic rings. The van der Waals surface area contributed by atoms with Gasteiger partial charge in [0.25, 0.3) is 10.0 Å². The minimum absolute atomic E-state index is 0.103. The highest BCUT2D eigenvalue weighted by Crippen LogP contribution is 2.39. The molecule has 0 radical (unpaired) electrons. The molecule has 0 bridgehead atoms. The van der Waals surface area contributed by atoms with Crippen LogP contribution in [-0.2, 0) is 20.2 Å². The van der Waals surface area contributed by atoms with Gasteiger partial charge in [-0.25, -0.2) is 13.2 Å². The van der Waals surface area contributed by atoms with Gasteiger partial charge in [-0.1, -0.05) is 45.0 Å². The van der Waals surface area contributed by atoms with Crippen molar-refractivity contribution in [3.05, 3.63) is 77.9 Å². The van der Waals surface area contributed by atoms with Crippen LogP contribution in [0.3, 0.4) is 0 Å². The van der Waals surface area contributed by atoms with E-state index in [1.54, 1.807) is 54.6 Å². The van der Waals surface area contributed by atoms with Crippen LogP contribution in [0.25, 0.3) is 22.0 Å². The SMILES string of the molecule is CC(C)(C)c1ccc(S(=O)(=O)Nc2ccc3[nH]c(OC(=O)NCCN4CCOCC4)c(-c4cccc(C#N)c4)c3c2)cc1. The Labute approximate surface area is 251 Å². The van der Waals surface area contributed by atoms with Crippen LogP contribution in [0.4, 0.5) is 10.5 Å². The number of carbonyl (C=O) groups excluding carboxylic acids is 1. The summed E-state index contributed by atoms with van der Waals surface area (Å²) < 4.78 is 40.3. The summed E-state index contributed by atoms with van der Waals surface area (Å²) in [6, 6.07) is 20.9. The molecular weight excluding hydrogens is 566 g/mol. The van der Waals surface area contributed by atoms with Crippen LogP contribution in [0.15, 0.2) is 71.6 Å². The van der Waals surface area contributed by atoms with E-state index < -0.39 is 16.1 Å². The molecule has 43 heavy (non-hydrogen) atoms. The lowest BCUT2D eigenvalue weighted by molar-refractivity contribution is 0.0385. The Morgan fingerprint density at radius 3 is 2.51 bits per heavy atom. The second-order valence-electron chi connectivity index (χ2n) is 11.4. The van der Waals surface area contributed by atoms with Gasteiger partial charge < -0.3 is 19.8 Å². The third-order valence-electron chi connectivity index (χ3n) is 7.32. The third-order valence-corrected chi connectivity index (χ3v) is 8.72. The Kier molecular flexibility index (Phi) is 8.73. The molecule has 5 rings (SSSR count). The fourth-order valence-electron chi connectivity index (χ4n) is 4.96. The molecule has 1 fully saturated rings. The van der Waals surface area contributed by atoms with E-state index in [-0.39, 0.29) is 16.2 Å². The van der Waals surface area contributed by atoms with Gasteiger partial charge in [0.15, 0.2) is 0 Å². The van der Waals surface area contributed by atoms with Crippen molar-refractivity contribution in [2.45, 2.75) is 31.1 Å². The average Bonchev–Trinajstić information content (AvgIpc) is 3.34. The number of rotatable bonds is 8. The number of amides is 1. The molecule has 1 saturated heterocycles. The summed E-state index contributed by atoms with van der Waals surface area (Å²) in [7, 11) is -3.87. The van der Waals surface area contributed by atoms with Crippen molar-refractivity contribution in [1.82, 2.24) is 15.2 Å². The number of carbonyl (C=O) groups is 1. The number of morpholine rings is 1. The van der Waals surface area contributed by atoms with Gasteiger partial charge in [-0.05, 0) is 59.0 Å². The smallest absolute Gasteiger partial charge is 0.393 e. The number of benzene rings is 3. The molecule has 11 heteroatoms. The lowest BCUT2D eigenvalue weighted by Crippen LogP contribution is -2.41. The van der Waals surface area contributed by atoms with Crippen LogP contribution in [0.1, 0.15) is 31.9 Å². The number of nitrogens with one attached hydrogen (secondary N) is 3. The number of fused-ring (bicyclic) bond motifs is 1. The molecule has 3 aromatic carbocycles. The summed E-state index contributed by atoms with van der Waals surface area (Å²) in [5.74, 6) is 0.187. The first-order valence-corrected chi connectivity index (χ1v) is 15.6. The van der Waals surface area contributed by atoms with E-state index in [0.29, 0.717) is 59.6 Å². The van der Waals surface area contributed by atoms with Gasteiger partial charge in [0.2, 0.25) is 5.88 Å². The maximum atomic E-state index is 13.3. The van der Waals surface area contributed by atoms with Gasteiger partial charge in [-0.3, -0.25) is 9.62 Å².